The molecule has 14 heavy (non-hydrogen) atoms. The lowest BCUT2D eigenvalue weighted by Crippen LogP contribution is -2.34. The average Bonchev–Trinajstić information content (AvgIpc) is 2.71. The highest BCUT2D eigenvalue weighted by molar-refractivity contribution is 8.78. The zero-order valence-corrected chi connectivity index (χ0v) is 9.74. The van der Waals surface area contributed by atoms with E-state index in [0.29, 0.717) is 11.3 Å². The lowest BCUT2D eigenvalue weighted by Gasteiger charge is -2.32. The maximum atomic E-state index is 6.14. The normalized spacial score (nSPS) is 46.6. The number of hydrogen-bond donors (Lipinski definition) is 2. The van der Waals surface area contributed by atoms with E-state index >= 15 is 0 Å². The van der Waals surface area contributed by atoms with Gasteiger partial charge in [-0.15, -0.1) is 0 Å². The first-order valence-corrected chi connectivity index (χ1v) is 7.54. The fraction of sp³-hybridized carbons (Fsp3) is 0.800. The van der Waals surface area contributed by atoms with Gasteiger partial charge in [-0.25, -0.2) is 0 Å². The Bertz CT molecular complexity index is 290. The van der Waals surface area contributed by atoms with Gasteiger partial charge in [-0.1, -0.05) is 10.8 Å². The molecule has 2 saturated carbocycles. The summed E-state index contributed by atoms with van der Waals surface area (Å²) in [6, 6.07) is 0.467. The van der Waals surface area contributed by atoms with Gasteiger partial charge in [-0.2, -0.15) is 0 Å². The van der Waals surface area contributed by atoms with Crippen molar-refractivity contribution in [3.05, 3.63) is 10.6 Å². The molecule has 2 fully saturated rings. The molecule has 0 spiro atoms. The highest BCUT2D eigenvalue weighted by Gasteiger charge is 2.43. The Morgan fingerprint density at radius 3 is 3.00 bits per heavy atom. The van der Waals surface area contributed by atoms with Gasteiger partial charge >= 0.3 is 0 Å². The summed E-state index contributed by atoms with van der Waals surface area (Å²) in [7, 11) is 3.72. The molecule has 0 aromatic rings. The quantitative estimate of drug-likeness (QED) is 0.623. The van der Waals surface area contributed by atoms with E-state index in [2.05, 4.69) is 0 Å². The van der Waals surface area contributed by atoms with Crippen molar-refractivity contribution in [2.45, 2.75) is 37.0 Å². The molecule has 4 atom stereocenters. The molecular weight excluding hydrogens is 212 g/mol. The summed E-state index contributed by atoms with van der Waals surface area (Å²) in [5.74, 6) is 1.62. The van der Waals surface area contributed by atoms with Gasteiger partial charge in [0.25, 0.3) is 0 Å². The molecule has 1 aliphatic heterocycles. The van der Waals surface area contributed by atoms with Crippen molar-refractivity contribution >= 4 is 21.6 Å². The Morgan fingerprint density at radius 1 is 1.29 bits per heavy atom. The van der Waals surface area contributed by atoms with E-state index in [1.54, 1.807) is 10.8 Å². The van der Waals surface area contributed by atoms with Gasteiger partial charge in [0.1, 0.15) is 0 Å². The van der Waals surface area contributed by atoms with Crippen LogP contribution in [-0.2, 0) is 0 Å². The zero-order chi connectivity index (χ0) is 9.71. The highest BCUT2D eigenvalue weighted by Crippen LogP contribution is 2.55. The Morgan fingerprint density at radius 2 is 2.14 bits per heavy atom. The second-order valence-electron chi connectivity index (χ2n) is 4.66. The highest BCUT2D eigenvalue weighted by atomic mass is 33.1. The van der Waals surface area contributed by atoms with E-state index < -0.39 is 0 Å². The van der Waals surface area contributed by atoms with Crippen molar-refractivity contribution in [2.24, 2.45) is 23.3 Å². The fourth-order valence-corrected chi connectivity index (χ4v) is 5.96. The monoisotopic (exact) mass is 228 g/mol. The Kier molecular flexibility index (Phi) is 2.26. The van der Waals surface area contributed by atoms with Crippen LogP contribution in [0.2, 0.25) is 0 Å². The van der Waals surface area contributed by atoms with Crippen molar-refractivity contribution in [1.29, 1.82) is 0 Å². The maximum absolute atomic E-state index is 6.14. The van der Waals surface area contributed by atoms with Crippen LogP contribution in [0, 0.1) is 11.8 Å². The summed E-state index contributed by atoms with van der Waals surface area (Å²) in [4.78, 5) is 0. The van der Waals surface area contributed by atoms with Crippen LogP contribution in [0.4, 0.5) is 0 Å². The Balaban J connectivity index is 1.85. The van der Waals surface area contributed by atoms with Crippen LogP contribution in [0.5, 0.6) is 0 Å². The molecule has 0 aromatic carbocycles. The standard InChI is InChI=1S/C10H16N2S2/c11-8-2-1-5-3-7-9(4-6(5)8)13-14-10(7)12/h5-6,8-9H,1-4,11-12H2. The van der Waals surface area contributed by atoms with Gasteiger partial charge in [0.05, 0.1) is 5.03 Å². The Labute approximate surface area is 92.6 Å². The van der Waals surface area contributed by atoms with E-state index in [0.717, 1.165) is 16.9 Å². The molecule has 0 saturated heterocycles. The maximum Gasteiger partial charge on any atom is 0.0767 e. The van der Waals surface area contributed by atoms with Gasteiger partial charge in [-0.05, 0) is 53.9 Å². The van der Waals surface area contributed by atoms with Crippen molar-refractivity contribution in [3.8, 4) is 0 Å². The molecule has 1 heterocycles. The molecule has 2 aliphatic carbocycles. The Hall–Kier alpha value is 0.200. The van der Waals surface area contributed by atoms with E-state index in [1.165, 1.54) is 31.3 Å². The summed E-state index contributed by atoms with van der Waals surface area (Å²) in [5, 5.41) is 1.78. The van der Waals surface area contributed by atoms with Crippen LogP contribution in [0.3, 0.4) is 0 Å². The average molecular weight is 228 g/mol. The molecule has 0 aromatic heterocycles. The molecule has 0 amide bonds. The van der Waals surface area contributed by atoms with Crippen molar-refractivity contribution in [3.63, 3.8) is 0 Å². The minimum atomic E-state index is 0.467. The fourth-order valence-electron chi connectivity index (χ4n) is 3.13. The minimum absolute atomic E-state index is 0.467. The number of nitrogens with two attached hydrogens (primary N) is 2. The first kappa shape index (κ1) is 9.43. The summed E-state index contributed by atoms with van der Waals surface area (Å²) >= 11 is 0. The number of fused-ring (bicyclic) bond motifs is 2. The molecule has 0 radical (unpaired) electrons. The van der Waals surface area contributed by atoms with Gasteiger partial charge in [0.15, 0.2) is 0 Å². The van der Waals surface area contributed by atoms with E-state index in [4.69, 9.17) is 11.5 Å². The molecule has 4 N–H and O–H groups in total. The molecule has 3 aliphatic rings. The van der Waals surface area contributed by atoms with E-state index in [9.17, 15) is 0 Å². The smallest absolute Gasteiger partial charge is 0.0767 e. The minimum Gasteiger partial charge on any atom is -0.393 e. The SMILES string of the molecule is NC1=C2CC3CCC(N)C3CC2SS1. The summed E-state index contributed by atoms with van der Waals surface area (Å²) < 4.78 is 0. The predicted octanol–water partition coefficient (Wildman–Crippen LogP) is 2.07. The first-order valence-electron chi connectivity index (χ1n) is 5.33. The zero-order valence-electron chi connectivity index (χ0n) is 8.11. The van der Waals surface area contributed by atoms with Crippen molar-refractivity contribution in [2.75, 3.05) is 0 Å². The molecular formula is C10H16N2S2. The second-order valence-corrected chi connectivity index (χ2v) is 7.11. The first-order chi connectivity index (χ1) is 6.75. The van der Waals surface area contributed by atoms with Gasteiger partial charge in [0, 0.05) is 11.3 Å². The molecule has 4 heteroatoms. The summed E-state index contributed by atoms with van der Waals surface area (Å²) in [6.07, 6.45) is 5.06. The third-order valence-electron chi connectivity index (χ3n) is 3.95. The summed E-state index contributed by atoms with van der Waals surface area (Å²) in [6.45, 7) is 0. The third-order valence-corrected chi connectivity index (χ3v) is 6.73. The van der Waals surface area contributed by atoms with E-state index in [1.807, 2.05) is 10.8 Å². The largest absolute Gasteiger partial charge is 0.393 e. The topological polar surface area (TPSA) is 52.0 Å². The molecule has 4 unspecified atom stereocenters. The van der Waals surface area contributed by atoms with Gasteiger partial charge < -0.3 is 11.5 Å². The number of rotatable bonds is 0. The lowest BCUT2D eigenvalue weighted by atomic mass is 9.78. The molecule has 2 nitrogen and oxygen atoms in total. The third kappa shape index (κ3) is 1.31. The van der Waals surface area contributed by atoms with Crippen molar-refractivity contribution in [1.82, 2.24) is 0 Å². The van der Waals surface area contributed by atoms with Crippen LogP contribution in [0.15, 0.2) is 10.6 Å². The van der Waals surface area contributed by atoms with Gasteiger partial charge in [-0.3, -0.25) is 0 Å². The van der Waals surface area contributed by atoms with Crippen molar-refractivity contribution < 1.29 is 0 Å². The summed E-state index contributed by atoms with van der Waals surface area (Å²) in [5.41, 5.74) is 13.7. The van der Waals surface area contributed by atoms with E-state index in [-0.39, 0.29) is 0 Å². The van der Waals surface area contributed by atoms with Crippen LogP contribution in [-0.4, -0.2) is 11.3 Å². The molecule has 78 valence electrons. The van der Waals surface area contributed by atoms with Crippen LogP contribution < -0.4 is 11.5 Å². The number of hydrogen-bond acceptors (Lipinski definition) is 4. The van der Waals surface area contributed by atoms with Crippen LogP contribution in [0.25, 0.3) is 0 Å². The molecule has 0 bridgehead atoms. The molecule has 3 rings (SSSR count). The van der Waals surface area contributed by atoms with Gasteiger partial charge in [0.2, 0.25) is 0 Å². The van der Waals surface area contributed by atoms with Crippen LogP contribution >= 0.6 is 21.6 Å². The lowest BCUT2D eigenvalue weighted by molar-refractivity contribution is 0.306. The predicted molar refractivity (Wildman–Crippen MR) is 63.6 cm³/mol. The van der Waals surface area contributed by atoms with Crippen LogP contribution in [0.1, 0.15) is 25.7 Å². The second kappa shape index (κ2) is 3.35.